The molecule has 1 aromatic rings. The van der Waals surface area contributed by atoms with Gasteiger partial charge in [0.05, 0.1) is 10.4 Å². The van der Waals surface area contributed by atoms with Gasteiger partial charge < -0.3 is 9.80 Å². The predicted molar refractivity (Wildman–Crippen MR) is 99.9 cm³/mol. The monoisotopic (exact) mass is 373 g/mol. The van der Waals surface area contributed by atoms with Crippen molar-refractivity contribution in [3.8, 4) is 0 Å². The molecule has 0 unspecified atom stereocenters. The standard InChI is InChI=1S/C20H27N3O2S/c1-13-21-17(12-26-13)18(24)22-2-4-23(5-3-22)19(25)20-9-14-6-15(10-20)8-16(7-14)11-20/h12,14-16H,2-11H2,1H3. The second kappa shape index (κ2) is 6.04. The zero-order chi connectivity index (χ0) is 17.9. The maximum atomic E-state index is 13.4. The molecule has 1 saturated heterocycles. The van der Waals surface area contributed by atoms with Crippen LogP contribution in [0, 0.1) is 30.1 Å². The second-order valence-corrected chi connectivity index (χ2v) is 10.1. The lowest BCUT2D eigenvalue weighted by atomic mass is 9.49. The van der Waals surface area contributed by atoms with Gasteiger partial charge in [-0.1, -0.05) is 0 Å². The molecule has 6 rings (SSSR count). The molecular weight excluding hydrogens is 346 g/mol. The topological polar surface area (TPSA) is 53.5 Å². The lowest BCUT2D eigenvalue weighted by molar-refractivity contribution is -0.159. The van der Waals surface area contributed by atoms with Crippen molar-refractivity contribution in [2.75, 3.05) is 26.2 Å². The normalized spacial score (nSPS) is 35.8. The largest absolute Gasteiger partial charge is 0.339 e. The van der Waals surface area contributed by atoms with Crippen LogP contribution < -0.4 is 0 Å². The summed E-state index contributed by atoms with van der Waals surface area (Å²) in [6.45, 7) is 4.54. The highest BCUT2D eigenvalue weighted by Crippen LogP contribution is 2.60. The molecule has 4 aliphatic carbocycles. The van der Waals surface area contributed by atoms with E-state index in [2.05, 4.69) is 9.88 Å². The van der Waals surface area contributed by atoms with Crippen molar-refractivity contribution in [3.63, 3.8) is 0 Å². The summed E-state index contributed by atoms with van der Waals surface area (Å²) in [4.78, 5) is 34.2. The number of aromatic nitrogens is 1. The van der Waals surface area contributed by atoms with Gasteiger partial charge in [-0.15, -0.1) is 11.3 Å². The minimum Gasteiger partial charge on any atom is -0.339 e. The molecule has 2 heterocycles. The van der Waals surface area contributed by atoms with Crippen molar-refractivity contribution in [3.05, 3.63) is 16.1 Å². The summed E-state index contributed by atoms with van der Waals surface area (Å²) in [6.07, 6.45) is 7.45. The molecule has 0 radical (unpaired) electrons. The van der Waals surface area contributed by atoms with E-state index in [9.17, 15) is 9.59 Å². The molecule has 1 aromatic heterocycles. The first-order valence-electron chi connectivity index (χ1n) is 10.0. The van der Waals surface area contributed by atoms with Crippen molar-refractivity contribution in [1.82, 2.24) is 14.8 Å². The van der Waals surface area contributed by atoms with Gasteiger partial charge in [0.15, 0.2) is 0 Å². The van der Waals surface area contributed by atoms with E-state index in [-0.39, 0.29) is 11.3 Å². The van der Waals surface area contributed by atoms with Crippen LogP contribution >= 0.6 is 11.3 Å². The SMILES string of the molecule is Cc1nc(C(=O)N2CCN(C(=O)C34CC5CC(CC(C5)C3)C4)CC2)cs1. The van der Waals surface area contributed by atoms with Crippen LogP contribution in [0.4, 0.5) is 0 Å². The summed E-state index contributed by atoms with van der Waals surface area (Å²) in [5.41, 5.74) is 0.487. The first-order chi connectivity index (χ1) is 12.5. The highest BCUT2D eigenvalue weighted by atomic mass is 32.1. The Morgan fingerprint density at radius 1 is 1.00 bits per heavy atom. The van der Waals surface area contributed by atoms with E-state index >= 15 is 0 Å². The van der Waals surface area contributed by atoms with Crippen LogP contribution in [0.1, 0.15) is 54.0 Å². The van der Waals surface area contributed by atoms with Gasteiger partial charge in [-0.2, -0.15) is 0 Å². The maximum Gasteiger partial charge on any atom is 0.273 e. The van der Waals surface area contributed by atoms with Gasteiger partial charge in [0.2, 0.25) is 5.91 Å². The zero-order valence-corrected chi connectivity index (χ0v) is 16.3. The van der Waals surface area contributed by atoms with Gasteiger partial charge in [-0.3, -0.25) is 9.59 Å². The molecular formula is C20H27N3O2S. The molecule has 140 valence electrons. The molecule has 0 N–H and O–H groups in total. The van der Waals surface area contributed by atoms with Gasteiger partial charge in [0, 0.05) is 31.6 Å². The van der Waals surface area contributed by atoms with Crippen molar-refractivity contribution in [1.29, 1.82) is 0 Å². The molecule has 1 aliphatic heterocycles. The van der Waals surface area contributed by atoms with Crippen LogP contribution in [0.15, 0.2) is 5.38 Å². The average molecular weight is 374 g/mol. The third kappa shape index (κ3) is 2.68. The third-order valence-corrected chi connectivity index (χ3v) is 7.96. The summed E-state index contributed by atoms with van der Waals surface area (Å²) in [6, 6.07) is 0. The Balaban J connectivity index is 1.24. The van der Waals surface area contributed by atoms with Gasteiger partial charge in [0.25, 0.3) is 5.91 Å². The number of hydrogen-bond donors (Lipinski definition) is 0. The molecule has 6 heteroatoms. The third-order valence-electron chi connectivity index (χ3n) is 7.18. The number of thiazole rings is 1. The van der Waals surface area contributed by atoms with Crippen molar-refractivity contribution < 1.29 is 9.59 Å². The molecule has 0 spiro atoms. The Morgan fingerprint density at radius 3 is 2.04 bits per heavy atom. The summed E-state index contributed by atoms with van der Waals surface area (Å²) >= 11 is 1.51. The first kappa shape index (κ1) is 16.7. The number of hydrogen-bond acceptors (Lipinski definition) is 4. The van der Waals surface area contributed by atoms with E-state index in [1.54, 1.807) is 0 Å². The van der Waals surface area contributed by atoms with E-state index in [4.69, 9.17) is 0 Å². The Labute approximate surface area is 158 Å². The van der Waals surface area contributed by atoms with E-state index in [0.29, 0.717) is 37.8 Å². The molecule has 0 atom stereocenters. The second-order valence-electron chi connectivity index (χ2n) is 9.03. The van der Waals surface area contributed by atoms with Crippen LogP contribution in [-0.2, 0) is 4.79 Å². The minimum absolute atomic E-state index is 0.0104. The van der Waals surface area contributed by atoms with Crippen molar-refractivity contribution in [2.45, 2.75) is 45.4 Å². The highest BCUT2D eigenvalue weighted by molar-refractivity contribution is 7.09. The van der Waals surface area contributed by atoms with E-state index < -0.39 is 0 Å². The summed E-state index contributed by atoms with van der Waals surface area (Å²) in [7, 11) is 0. The van der Waals surface area contributed by atoms with Crippen molar-refractivity contribution in [2.24, 2.45) is 23.2 Å². The zero-order valence-electron chi connectivity index (χ0n) is 15.4. The smallest absolute Gasteiger partial charge is 0.273 e. The number of nitrogens with zero attached hydrogens (tertiary/aromatic N) is 3. The van der Waals surface area contributed by atoms with Crippen LogP contribution in [0.2, 0.25) is 0 Å². The molecule has 26 heavy (non-hydrogen) atoms. The highest BCUT2D eigenvalue weighted by Gasteiger charge is 2.55. The fourth-order valence-corrected chi connectivity index (χ4v) is 7.03. The van der Waals surface area contributed by atoms with Gasteiger partial charge in [-0.25, -0.2) is 4.98 Å². The molecule has 2 amide bonds. The first-order valence-corrected chi connectivity index (χ1v) is 10.9. The van der Waals surface area contributed by atoms with Crippen LogP contribution in [0.25, 0.3) is 0 Å². The Bertz CT molecular complexity index is 700. The summed E-state index contributed by atoms with van der Waals surface area (Å²) in [5.74, 6) is 2.78. The van der Waals surface area contributed by atoms with Crippen LogP contribution in [0.5, 0.6) is 0 Å². The quantitative estimate of drug-likeness (QED) is 0.801. The Morgan fingerprint density at radius 2 is 1.54 bits per heavy atom. The maximum absolute atomic E-state index is 13.4. The molecule has 5 nitrogen and oxygen atoms in total. The van der Waals surface area contributed by atoms with Crippen LogP contribution in [-0.4, -0.2) is 52.8 Å². The Kier molecular flexibility index (Phi) is 3.89. The molecule has 5 aliphatic rings. The predicted octanol–water partition coefficient (Wildman–Crippen LogP) is 2.95. The number of carbonyl (C=O) groups excluding carboxylic acids is 2. The van der Waals surface area contributed by atoms with E-state index in [0.717, 1.165) is 42.0 Å². The van der Waals surface area contributed by atoms with Gasteiger partial charge in [0.1, 0.15) is 5.69 Å². The van der Waals surface area contributed by atoms with Crippen molar-refractivity contribution >= 4 is 23.2 Å². The van der Waals surface area contributed by atoms with Gasteiger partial charge in [-0.05, 0) is 63.2 Å². The fraction of sp³-hybridized carbons (Fsp3) is 0.750. The molecule has 4 saturated carbocycles. The summed E-state index contributed by atoms with van der Waals surface area (Å²) in [5, 5.41) is 2.76. The minimum atomic E-state index is -0.0625. The Hall–Kier alpha value is -1.43. The number of aryl methyl sites for hydroxylation is 1. The lowest BCUT2D eigenvalue weighted by Gasteiger charge is -2.57. The molecule has 5 fully saturated rings. The molecule has 0 aromatic carbocycles. The number of carbonyl (C=O) groups is 2. The van der Waals surface area contributed by atoms with E-state index in [1.165, 1.54) is 30.6 Å². The number of piperazine rings is 1. The number of rotatable bonds is 2. The number of amides is 2. The van der Waals surface area contributed by atoms with E-state index in [1.807, 2.05) is 17.2 Å². The van der Waals surface area contributed by atoms with Crippen LogP contribution in [0.3, 0.4) is 0 Å². The fourth-order valence-electron chi connectivity index (χ4n) is 6.44. The average Bonchev–Trinajstić information content (AvgIpc) is 3.06. The lowest BCUT2D eigenvalue weighted by Crippen LogP contribution is -2.58. The van der Waals surface area contributed by atoms with Gasteiger partial charge >= 0.3 is 0 Å². The summed E-state index contributed by atoms with van der Waals surface area (Å²) < 4.78 is 0. The molecule has 4 bridgehead atoms.